The van der Waals surface area contributed by atoms with E-state index in [0.717, 1.165) is 74.3 Å². The summed E-state index contributed by atoms with van der Waals surface area (Å²) in [7, 11) is 4.02. The minimum atomic E-state index is -4.78. The Morgan fingerprint density at radius 1 is 0.423 bits per heavy atom. The molecule has 0 saturated carbocycles. The van der Waals surface area contributed by atoms with Crippen LogP contribution in [0.2, 0.25) is 0 Å². The van der Waals surface area contributed by atoms with Crippen LogP contribution in [0.1, 0.15) is 58.9 Å². The number of ketones is 1. The number of nitrogens with zero attached hydrogens (tertiary/aromatic N) is 9. The van der Waals surface area contributed by atoms with E-state index in [1.165, 1.54) is 54.6 Å². The number of halogens is 6. The van der Waals surface area contributed by atoms with Crippen molar-refractivity contribution in [1.29, 1.82) is 0 Å². The maximum Gasteiger partial charge on any atom is 0.573 e. The average Bonchev–Trinajstić information content (AvgIpc) is 0.842. The Kier molecular flexibility index (Phi) is 33.3. The molecule has 0 spiro atoms. The van der Waals surface area contributed by atoms with E-state index in [9.17, 15) is 45.5 Å². The zero-order chi connectivity index (χ0) is 88.4. The molecule has 0 fully saturated rings. The number of alkyl halides is 6. The Bertz CT molecular complexity index is 5680. The summed E-state index contributed by atoms with van der Waals surface area (Å²) in [4.78, 5) is 83.7. The number of aromatic nitrogens is 8. The number of ether oxygens (including phenoxy) is 4. The third-order valence-electron chi connectivity index (χ3n) is 16.3. The zero-order valence-corrected chi connectivity index (χ0v) is 68.3. The first kappa shape index (κ1) is 91.4. The Labute approximate surface area is 706 Å². The molecule has 634 valence electrons. The predicted molar refractivity (Wildman–Crippen MR) is 468 cm³/mol. The van der Waals surface area contributed by atoms with Crippen LogP contribution in [0.15, 0.2) is 274 Å². The number of amides is 2. The van der Waals surface area contributed by atoms with Crippen LogP contribution in [0.3, 0.4) is 0 Å². The molecule has 0 aliphatic rings. The van der Waals surface area contributed by atoms with Crippen molar-refractivity contribution in [2.75, 3.05) is 80.4 Å². The SMILES string of the molecule is C/C=C/C(=O)OCc1ccc(Nc2nc(Nc3ccccc3)ncc2C)cc1.C=CC(=O)Nc1cccc(Nc2nc(Nc3cccc(OC(F)(F)F)c3)ncc2C)c1.C=CC(=O)Nc1cccc(Nc2nc(Nc3cccc(OCCN(C)C)c3)ncc2C)c1.CC(C)=CC(=O)c1cccc(Nc2nc(Nc3cccc(OC(F)(F)F)c3)ncc2C)c1. The first-order chi connectivity index (χ1) is 58.9. The van der Waals surface area contributed by atoms with E-state index in [1.807, 2.05) is 146 Å². The molecular formula is C90H89F6N19O8. The van der Waals surface area contributed by atoms with Gasteiger partial charge in [-0.25, -0.2) is 24.7 Å². The molecule has 0 saturated heterocycles. The highest BCUT2D eigenvalue weighted by Crippen LogP contribution is 2.32. The van der Waals surface area contributed by atoms with E-state index < -0.39 is 12.7 Å². The first-order valence-corrected chi connectivity index (χ1v) is 37.8. The van der Waals surface area contributed by atoms with Gasteiger partial charge in [-0.2, -0.15) is 19.9 Å². The molecule has 0 unspecified atom stereocenters. The van der Waals surface area contributed by atoms with E-state index in [2.05, 4.69) is 121 Å². The van der Waals surface area contributed by atoms with Crippen molar-refractivity contribution >= 4 is 128 Å². The lowest BCUT2D eigenvalue weighted by atomic mass is 10.1. The molecule has 4 aromatic heterocycles. The number of nitrogens with one attached hydrogen (secondary N) is 10. The van der Waals surface area contributed by atoms with Gasteiger partial charge in [-0.1, -0.05) is 97.6 Å². The molecule has 2 amide bonds. The van der Waals surface area contributed by atoms with E-state index in [-0.39, 0.29) is 53.6 Å². The maximum absolute atomic E-state index is 12.4. The Morgan fingerprint density at radius 3 is 1.17 bits per heavy atom. The molecule has 33 heteroatoms. The average molecular weight is 1680 g/mol. The molecule has 12 aromatic rings. The molecule has 123 heavy (non-hydrogen) atoms. The highest BCUT2D eigenvalue weighted by atomic mass is 19.4. The smallest absolute Gasteiger partial charge is 0.492 e. The van der Waals surface area contributed by atoms with Crippen LogP contribution in [-0.4, -0.2) is 108 Å². The van der Waals surface area contributed by atoms with Gasteiger partial charge in [0.2, 0.25) is 35.6 Å². The third-order valence-corrected chi connectivity index (χ3v) is 16.3. The number of benzene rings is 8. The highest BCUT2D eigenvalue weighted by Gasteiger charge is 2.32. The number of hydrogen-bond acceptors (Lipinski definition) is 25. The van der Waals surface area contributed by atoms with Gasteiger partial charge in [0.15, 0.2) is 5.78 Å². The van der Waals surface area contributed by atoms with Gasteiger partial charge in [-0.05, 0) is 196 Å². The number of esters is 1. The van der Waals surface area contributed by atoms with Crippen LogP contribution in [0.25, 0.3) is 0 Å². The van der Waals surface area contributed by atoms with Crippen molar-refractivity contribution in [1.82, 2.24) is 44.8 Å². The standard InChI is InChI=1S/C24H28N6O2.C23H21F3N4O2.C22H22N4O2.C21H18F3N5O2/c1-5-22(31)26-18-8-6-9-19(14-18)27-23-17(2)16-25-24(29-23)28-20-10-7-11-21(15-20)32-13-12-30(3)4;1-14(2)10-20(31)16-6-4-7-17(11-16)28-21-15(3)13-27-22(30-21)29-18-8-5-9-19(12-18)32-23(24,25)26;1-3-7-20(27)28-15-17-10-12-19(13-11-17)24-21-16(2)14-23-22(26-21)25-18-8-5-4-6-9-18;1-3-18(30)26-14-6-4-7-15(10-14)27-19-13(2)12-25-20(29-19)28-16-8-5-9-17(11-16)31-21(22,23)24/h5-11,14-16H,1,12-13H2,2-4H3,(H,26,31)(H2,25,27,28,29);4-13H,1-3H3,(H2,27,28,29,30);3-14H,15H2,1-2H3,(H2,23,24,25,26);3-12H,1H2,2H3,(H,26,30)(H2,25,27,28,29)/b;;7-3+;. The van der Waals surface area contributed by atoms with Gasteiger partial charge in [0.25, 0.3) is 0 Å². The lowest BCUT2D eigenvalue weighted by Gasteiger charge is -2.13. The Morgan fingerprint density at radius 2 is 0.772 bits per heavy atom. The van der Waals surface area contributed by atoms with Crippen LogP contribution < -0.4 is 67.4 Å². The number of rotatable bonds is 31. The van der Waals surface area contributed by atoms with Crippen molar-refractivity contribution < 1.29 is 64.5 Å². The summed E-state index contributed by atoms with van der Waals surface area (Å²) >= 11 is 0. The van der Waals surface area contributed by atoms with Crippen molar-refractivity contribution in [2.24, 2.45) is 0 Å². The van der Waals surface area contributed by atoms with Crippen molar-refractivity contribution in [3.63, 3.8) is 0 Å². The summed E-state index contributed by atoms with van der Waals surface area (Å²) in [5, 5.41) is 30.4. The third kappa shape index (κ3) is 32.0. The fourth-order valence-electron chi connectivity index (χ4n) is 10.5. The van der Waals surface area contributed by atoms with E-state index >= 15 is 0 Å². The summed E-state index contributed by atoms with van der Waals surface area (Å²) in [6, 6.07) is 57.2. The molecule has 0 bridgehead atoms. The van der Waals surface area contributed by atoms with Crippen LogP contribution in [0.5, 0.6) is 17.2 Å². The monoisotopic (exact) mass is 1680 g/mol. The van der Waals surface area contributed by atoms with E-state index in [0.29, 0.717) is 75.6 Å². The quantitative estimate of drug-likeness (QED) is 0.00835. The minimum absolute atomic E-state index is 0.101. The number of likely N-dealkylation sites (N-methyl/N-ethyl adjacent to an activating group) is 1. The summed E-state index contributed by atoms with van der Waals surface area (Å²) in [6.45, 7) is 21.5. The van der Waals surface area contributed by atoms with Crippen molar-refractivity contribution in [3.8, 4) is 17.2 Å². The van der Waals surface area contributed by atoms with Gasteiger partial charge >= 0.3 is 18.7 Å². The number of allylic oxidation sites excluding steroid dienone is 3. The molecule has 8 aromatic carbocycles. The van der Waals surface area contributed by atoms with Gasteiger partial charge in [-0.15, -0.1) is 26.3 Å². The molecule has 0 atom stereocenters. The van der Waals surface area contributed by atoms with Crippen molar-refractivity contribution in [3.05, 3.63) is 307 Å². The topological polar surface area (TPSA) is 332 Å². The molecule has 0 aliphatic carbocycles. The van der Waals surface area contributed by atoms with Crippen LogP contribution in [0.4, 0.5) is 130 Å². The van der Waals surface area contributed by atoms with Gasteiger partial charge in [0.1, 0.15) is 53.7 Å². The summed E-state index contributed by atoms with van der Waals surface area (Å²) in [5.74, 6) is 2.69. The van der Waals surface area contributed by atoms with Gasteiger partial charge in [0.05, 0.1) is 0 Å². The zero-order valence-electron chi connectivity index (χ0n) is 68.3. The van der Waals surface area contributed by atoms with E-state index in [4.69, 9.17) is 9.47 Å². The largest absolute Gasteiger partial charge is 0.573 e. The van der Waals surface area contributed by atoms with E-state index in [1.54, 1.807) is 118 Å². The predicted octanol–water partition coefficient (Wildman–Crippen LogP) is 20.8. The van der Waals surface area contributed by atoms with Crippen LogP contribution >= 0.6 is 0 Å². The number of carbonyl (C=O) groups excluding carboxylic acids is 4. The van der Waals surface area contributed by atoms with Crippen LogP contribution in [0, 0.1) is 27.7 Å². The lowest BCUT2D eigenvalue weighted by molar-refractivity contribution is -0.275. The highest BCUT2D eigenvalue weighted by molar-refractivity contribution is 6.05. The second-order valence-corrected chi connectivity index (χ2v) is 27.1. The lowest BCUT2D eigenvalue weighted by Crippen LogP contribution is -2.19. The molecule has 12 rings (SSSR count). The number of aryl methyl sites for hydroxylation is 4. The maximum atomic E-state index is 12.4. The molecule has 0 radical (unpaired) electrons. The second-order valence-electron chi connectivity index (χ2n) is 27.1. The van der Waals surface area contributed by atoms with Gasteiger partial charge < -0.3 is 77.0 Å². The minimum Gasteiger partial charge on any atom is -0.492 e. The summed E-state index contributed by atoms with van der Waals surface area (Å²) in [5.41, 5.74) is 12.3. The fourth-order valence-corrected chi connectivity index (χ4v) is 10.5. The molecule has 0 aliphatic heterocycles. The Balaban J connectivity index is 0.000000186. The summed E-state index contributed by atoms with van der Waals surface area (Å²) in [6.07, 6.45) is 4.11. The fraction of sp³-hybridized carbons (Fsp3) is 0.156. The van der Waals surface area contributed by atoms with Crippen molar-refractivity contribution in [2.45, 2.75) is 67.8 Å². The summed E-state index contributed by atoms with van der Waals surface area (Å²) < 4.78 is 93.4. The number of hydrogen-bond donors (Lipinski definition) is 10. The van der Waals surface area contributed by atoms with Gasteiger partial charge in [0, 0.05) is 140 Å². The number of carbonyl (C=O) groups is 4. The molecular weight excluding hydrogens is 1590 g/mol. The molecule has 4 heterocycles. The van der Waals surface area contributed by atoms with Crippen LogP contribution in [-0.2, 0) is 25.7 Å². The second kappa shape index (κ2) is 44.9. The first-order valence-electron chi connectivity index (χ1n) is 37.8. The number of para-hydroxylation sites is 1. The molecule has 27 nitrogen and oxygen atoms in total. The number of anilines is 18. The normalized spacial score (nSPS) is 10.7. The van der Waals surface area contributed by atoms with Gasteiger partial charge in [-0.3, -0.25) is 14.4 Å². The molecule has 10 N–H and O–H groups in total. The Hall–Kier alpha value is -15.5.